The van der Waals surface area contributed by atoms with Gasteiger partial charge in [0.05, 0.1) is 24.8 Å². The molecule has 10 heteroatoms. The first-order valence-corrected chi connectivity index (χ1v) is 18.4. The molecule has 46 heavy (non-hydrogen) atoms. The summed E-state index contributed by atoms with van der Waals surface area (Å²) in [5.74, 6) is -0.154. The van der Waals surface area contributed by atoms with Gasteiger partial charge in [-0.05, 0) is 68.1 Å². The van der Waals surface area contributed by atoms with Crippen LogP contribution in [0.25, 0.3) is 10.6 Å². The number of ketones is 1. The maximum atomic E-state index is 14.1. The van der Waals surface area contributed by atoms with E-state index in [4.69, 9.17) is 23.9 Å². The van der Waals surface area contributed by atoms with Crippen molar-refractivity contribution in [1.29, 1.82) is 0 Å². The minimum atomic E-state index is -1.12. The second-order valence-electron chi connectivity index (χ2n) is 13.5. The van der Waals surface area contributed by atoms with Crippen LogP contribution in [0.5, 0.6) is 0 Å². The van der Waals surface area contributed by atoms with Crippen molar-refractivity contribution in [3.63, 3.8) is 0 Å². The number of fused-ring (bicyclic) bond motifs is 8. The Morgan fingerprint density at radius 1 is 1.11 bits per heavy atom. The van der Waals surface area contributed by atoms with Crippen molar-refractivity contribution in [2.45, 2.75) is 102 Å². The highest BCUT2D eigenvalue weighted by Gasteiger charge is 2.56. The lowest BCUT2D eigenvalue weighted by molar-refractivity contribution is -0.204. The number of halogens is 1. The zero-order valence-electron chi connectivity index (χ0n) is 27.2. The lowest BCUT2D eigenvalue weighted by Gasteiger charge is -2.37. The SMILES string of the molecule is CC[C@H]1CCCC[C@@H](C)C(=O)C2=CC3[C@@H]4C[C@H](OC(O)[C@H](COC)OC)CC4c4sc(-c5ccc(Br)cc5)nc4[C@H]3[C@@H]2CC(=O)O1. The van der Waals surface area contributed by atoms with Gasteiger partial charge in [-0.15, -0.1) is 11.3 Å². The van der Waals surface area contributed by atoms with Crippen LogP contribution in [-0.4, -0.2) is 67.3 Å². The van der Waals surface area contributed by atoms with Crippen LogP contribution >= 0.6 is 27.3 Å². The quantitative estimate of drug-likeness (QED) is 0.226. The van der Waals surface area contributed by atoms with E-state index in [0.29, 0.717) is 0 Å². The monoisotopic (exact) mass is 715 g/mol. The van der Waals surface area contributed by atoms with E-state index in [2.05, 4.69) is 41.1 Å². The standard InChI is InChI=1S/C36H46BrNO7S/c1-5-22-9-7-6-8-19(2)33(40)27-16-25-24-14-23(45-36(41)29(43-4)18-42-3)15-28(24)34-32(31(25)26(27)17-30(39)44-22)38-35(46-34)20-10-12-21(37)13-11-20/h10-13,16,19,22-26,28-29,31,36,41H,5-9,14-15,17-18H2,1-4H3/t19-,22+,23+,24+,25?,26-,28?,29+,31-,36?/m1/s1. The number of nitrogens with zero attached hydrogens (tertiary/aromatic N) is 1. The van der Waals surface area contributed by atoms with Crippen molar-refractivity contribution in [2.24, 2.45) is 23.7 Å². The second-order valence-corrected chi connectivity index (χ2v) is 15.4. The van der Waals surface area contributed by atoms with Gasteiger partial charge in [0.25, 0.3) is 0 Å². The first-order valence-electron chi connectivity index (χ1n) is 16.8. The van der Waals surface area contributed by atoms with Crippen LogP contribution in [0.15, 0.2) is 40.4 Å². The van der Waals surface area contributed by atoms with Crippen LogP contribution < -0.4 is 0 Å². The number of methoxy groups -OCH3 is 2. The molecule has 10 atom stereocenters. The fraction of sp³-hybridized carbons (Fsp3) is 0.639. The van der Waals surface area contributed by atoms with Crippen molar-refractivity contribution in [3.8, 4) is 10.6 Å². The predicted octanol–water partition coefficient (Wildman–Crippen LogP) is 7.19. The molecule has 1 N–H and O–H groups in total. The first kappa shape index (κ1) is 33.9. The number of benzene rings is 1. The van der Waals surface area contributed by atoms with Gasteiger partial charge >= 0.3 is 5.97 Å². The van der Waals surface area contributed by atoms with E-state index in [9.17, 15) is 14.7 Å². The topological polar surface area (TPSA) is 104 Å². The van der Waals surface area contributed by atoms with E-state index in [1.165, 1.54) is 4.88 Å². The summed E-state index contributed by atoms with van der Waals surface area (Å²) in [6.45, 7) is 4.33. The Kier molecular flexibility index (Phi) is 10.8. The zero-order valence-corrected chi connectivity index (χ0v) is 29.6. The Morgan fingerprint density at radius 2 is 1.87 bits per heavy atom. The molecule has 3 aliphatic carbocycles. The van der Waals surface area contributed by atoms with E-state index in [1.807, 2.05) is 19.1 Å². The lowest BCUT2D eigenvalue weighted by Crippen LogP contribution is -2.36. The van der Waals surface area contributed by atoms with Crippen LogP contribution in [-0.2, 0) is 28.5 Å². The van der Waals surface area contributed by atoms with Crippen molar-refractivity contribution >= 4 is 39.0 Å². The van der Waals surface area contributed by atoms with Crippen LogP contribution in [0, 0.1) is 23.7 Å². The molecule has 2 heterocycles. The van der Waals surface area contributed by atoms with Crippen molar-refractivity contribution in [3.05, 3.63) is 51.0 Å². The molecule has 1 saturated carbocycles. The Labute approximate surface area is 284 Å². The summed E-state index contributed by atoms with van der Waals surface area (Å²) in [5.41, 5.74) is 2.83. The van der Waals surface area contributed by atoms with E-state index in [1.54, 1.807) is 25.6 Å². The van der Waals surface area contributed by atoms with Gasteiger partial charge in [0, 0.05) is 52.8 Å². The van der Waals surface area contributed by atoms with Crippen molar-refractivity contribution < 1.29 is 33.6 Å². The van der Waals surface area contributed by atoms with Gasteiger partial charge in [-0.3, -0.25) is 9.59 Å². The second kappa shape index (κ2) is 14.7. The number of allylic oxidation sites excluding steroid dienone is 2. The normalized spacial score (nSPS) is 32.6. The molecule has 2 fully saturated rings. The number of ether oxygens (including phenoxy) is 4. The molecular formula is C36H46BrNO7S. The lowest BCUT2D eigenvalue weighted by atomic mass is 9.67. The number of hydrogen-bond donors (Lipinski definition) is 1. The molecule has 4 aliphatic rings. The number of esters is 1. The number of rotatable bonds is 8. The summed E-state index contributed by atoms with van der Waals surface area (Å²) in [4.78, 5) is 34.2. The third-order valence-corrected chi connectivity index (χ3v) is 12.5. The molecule has 1 aromatic heterocycles. The summed E-state index contributed by atoms with van der Waals surface area (Å²) in [6.07, 6.45) is 6.20. The van der Waals surface area contributed by atoms with E-state index >= 15 is 0 Å². The molecular weight excluding hydrogens is 670 g/mol. The van der Waals surface area contributed by atoms with E-state index in [-0.39, 0.29) is 72.5 Å². The summed E-state index contributed by atoms with van der Waals surface area (Å²) < 4.78 is 23.9. The highest BCUT2D eigenvalue weighted by molar-refractivity contribution is 9.10. The van der Waals surface area contributed by atoms with Gasteiger partial charge < -0.3 is 24.1 Å². The molecule has 250 valence electrons. The maximum Gasteiger partial charge on any atom is 0.306 e. The molecule has 0 radical (unpaired) electrons. The maximum absolute atomic E-state index is 14.1. The average molecular weight is 717 g/mol. The number of carbonyl (C=O) groups is 2. The van der Waals surface area contributed by atoms with Gasteiger partial charge in [0.1, 0.15) is 17.2 Å². The molecule has 0 spiro atoms. The molecule has 1 aliphatic heterocycles. The zero-order chi connectivity index (χ0) is 32.5. The van der Waals surface area contributed by atoms with Crippen molar-refractivity contribution in [1.82, 2.24) is 4.98 Å². The summed E-state index contributed by atoms with van der Waals surface area (Å²) in [7, 11) is 3.11. The summed E-state index contributed by atoms with van der Waals surface area (Å²) >= 11 is 5.26. The first-order chi connectivity index (χ1) is 22.2. The molecule has 2 aromatic rings. The minimum absolute atomic E-state index is 0.0383. The van der Waals surface area contributed by atoms with Crippen LogP contribution in [0.4, 0.5) is 0 Å². The van der Waals surface area contributed by atoms with Gasteiger partial charge in [0.2, 0.25) is 0 Å². The van der Waals surface area contributed by atoms with Gasteiger partial charge in [0.15, 0.2) is 12.1 Å². The van der Waals surface area contributed by atoms with Crippen LogP contribution in [0.3, 0.4) is 0 Å². The van der Waals surface area contributed by atoms with Crippen molar-refractivity contribution in [2.75, 3.05) is 20.8 Å². The van der Waals surface area contributed by atoms with E-state index < -0.39 is 12.4 Å². The van der Waals surface area contributed by atoms with Crippen LogP contribution in [0.1, 0.15) is 87.6 Å². The number of aliphatic hydroxyl groups is 1. The highest BCUT2D eigenvalue weighted by atomic mass is 79.9. The largest absolute Gasteiger partial charge is 0.462 e. The number of carbonyl (C=O) groups excluding carboxylic acids is 2. The highest BCUT2D eigenvalue weighted by Crippen LogP contribution is 2.62. The third kappa shape index (κ3) is 6.80. The van der Waals surface area contributed by atoms with E-state index in [0.717, 1.165) is 71.3 Å². The number of cyclic esters (lactones) is 1. The fourth-order valence-electron chi connectivity index (χ4n) is 8.30. The summed E-state index contributed by atoms with van der Waals surface area (Å²) in [5, 5.41) is 11.8. The third-order valence-electron chi connectivity index (χ3n) is 10.7. The number of Topliss-reactive ketones (excluding diaryl/α,β-unsaturated/α-hetero) is 1. The Bertz CT molecular complexity index is 1430. The number of thiazole rings is 1. The Hall–Kier alpha value is -1.95. The molecule has 6 rings (SSSR count). The summed E-state index contributed by atoms with van der Waals surface area (Å²) in [6, 6.07) is 8.19. The van der Waals surface area contributed by atoms with Gasteiger partial charge in [-0.1, -0.05) is 54.4 Å². The molecule has 1 aromatic carbocycles. The number of aromatic nitrogens is 1. The Balaban J connectivity index is 1.39. The molecule has 8 nitrogen and oxygen atoms in total. The predicted molar refractivity (Wildman–Crippen MR) is 179 cm³/mol. The molecule has 0 bridgehead atoms. The van der Waals surface area contributed by atoms with Crippen LogP contribution in [0.2, 0.25) is 0 Å². The molecule has 0 amide bonds. The average Bonchev–Trinajstić information content (AvgIpc) is 3.76. The molecule has 1 saturated heterocycles. The number of aliphatic hydroxyl groups excluding tert-OH is 1. The number of hydrogen-bond acceptors (Lipinski definition) is 9. The van der Waals surface area contributed by atoms with Gasteiger partial charge in [-0.2, -0.15) is 0 Å². The van der Waals surface area contributed by atoms with Gasteiger partial charge in [-0.25, -0.2) is 4.98 Å². The smallest absolute Gasteiger partial charge is 0.306 e. The molecule has 3 unspecified atom stereocenters. The fourth-order valence-corrected chi connectivity index (χ4v) is 9.88. The minimum Gasteiger partial charge on any atom is -0.462 e. The Morgan fingerprint density at radius 3 is 2.59 bits per heavy atom.